The summed E-state index contributed by atoms with van der Waals surface area (Å²) in [5.41, 5.74) is 0. The van der Waals surface area contributed by atoms with Gasteiger partial charge in [0.15, 0.2) is 24.6 Å². The lowest BCUT2D eigenvalue weighted by molar-refractivity contribution is -0.317. The van der Waals surface area contributed by atoms with E-state index in [2.05, 4.69) is 13.8 Å². The fourth-order valence-electron chi connectivity index (χ4n) is 4.72. The Hall–Kier alpha value is -2.20. The lowest BCUT2D eigenvalue weighted by Crippen LogP contribution is -2.63. The molecule has 0 aromatic carbocycles. The predicted octanol–water partition coefficient (Wildman–Crippen LogP) is 5.18. The van der Waals surface area contributed by atoms with Gasteiger partial charge in [-0.2, -0.15) is 0 Å². The minimum atomic E-state index is -1.22. The van der Waals surface area contributed by atoms with E-state index in [0.29, 0.717) is 0 Å². The van der Waals surface area contributed by atoms with Crippen LogP contribution in [0.4, 0.5) is 0 Å². The molecule has 0 bridgehead atoms. The molecule has 0 aromatic heterocycles. The predicted molar refractivity (Wildman–Crippen MR) is 144 cm³/mol. The van der Waals surface area contributed by atoms with Gasteiger partial charge in [0.1, 0.15) is 12.7 Å². The van der Waals surface area contributed by atoms with Crippen molar-refractivity contribution in [3.05, 3.63) is 0 Å². The first-order valence-electron chi connectivity index (χ1n) is 14.5. The Morgan fingerprint density at radius 3 is 1.54 bits per heavy atom. The summed E-state index contributed by atoms with van der Waals surface area (Å²) in [5, 5.41) is 0. The summed E-state index contributed by atoms with van der Waals surface area (Å²) in [6.07, 6.45) is 6.79. The minimum Gasteiger partial charge on any atom is -0.463 e. The van der Waals surface area contributed by atoms with Gasteiger partial charge in [0.25, 0.3) is 0 Å². The number of esters is 4. The highest BCUT2D eigenvalue weighted by Gasteiger charge is 2.53. The molecule has 0 spiro atoms. The van der Waals surface area contributed by atoms with E-state index in [1.54, 1.807) is 0 Å². The number of ether oxygens (including phenoxy) is 6. The molecule has 1 aliphatic heterocycles. The van der Waals surface area contributed by atoms with Crippen LogP contribution in [0.3, 0.4) is 0 Å². The van der Waals surface area contributed by atoms with Crippen LogP contribution in [0, 0.1) is 0 Å². The summed E-state index contributed by atoms with van der Waals surface area (Å²) in [6.45, 7) is 8.96. The molecule has 0 amide bonds. The smallest absolute Gasteiger partial charge is 0.303 e. The zero-order valence-electron chi connectivity index (χ0n) is 24.7. The van der Waals surface area contributed by atoms with Crippen LogP contribution >= 0.6 is 0 Å². The van der Waals surface area contributed by atoms with Crippen LogP contribution in [0.15, 0.2) is 0 Å². The Morgan fingerprint density at radius 2 is 1.08 bits per heavy atom. The summed E-state index contributed by atoms with van der Waals surface area (Å²) >= 11 is 0. The first-order chi connectivity index (χ1) is 18.6. The van der Waals surface area contributed by atoms with Crippen molar-refractivity contribution in [3.63, 3.8) is 0 Å². The second-order valence-corrected chi connectivity index (χ2v) is 10.2. The highest BCUT2D eigenvalue weighted by atomic mass is 16.7. The Balaban J connectivity index is 3.23. The first-order valence-corrected chi connectivity index (χ1v) is 14.5. The van der Waals surface area contributed by atoms with E-state index in [4.69, 9.17) is 28.4 Å². The number of rotatable bonds is 19. The number of unbranched alkanes of at least 4 members (excludes halogenated alkanes) is 8. The van der Waals surface area contributed by atoms with E-state index in [-0.39, 0.29) is 12.7 Å². The molecule has 39 heavy (non-hydrogen) atoms. The standard InChI is InChI=1S/C29H50O10/c1-7-9-11-13-15-17-24(18-16-14-12-10-8-2)38-29-28(37-23(6)33)27(36-22(5)32)26(35-21(4)31)25(39-29)19-34-20(3)30/h24-29H,7-19H2,1-6H3/t25-,26-,27+,28-,29+/m1/s1. The Bertz CT molecular complexity index is 726. The quantitative estimate of drug-likeness (QED) is 0.119. The normalized spacial score (nSPS) is 22.8. The molecule has 226 valence electrons. The van der Waals surface area contributed by atoms with Crippen LogP contribution in [0.1, 0.15) is 119 Å². The lowest BCUT2D eigenvalue weighted by Gasteiger charge is -2.44. The Morgan fingerprint density at radius 1 is 0.615 bits per heavy atom. The molecule has 0 aromatic rings. The zero-order chi connectivity index (χ0) is 29.2. The van der Waals surface area contributed by atoms with Crippen molar-refractivity contribution in [2.45, 2.75) is 155 Å². The van der Waals surface area contributed by atoms with Gasteiger partial charge in [-0.3, -0.25) is 19.2 Å². The third-order valence-electron chi connectivity index (χ3n) is 6.53. The van der Waals surface area contributed by atoms with Crippen molar-refractivity contribution in [1.82, 2.24) is 0 Å². The molecule has 1 heterocycles. The van der Waals surface area contributed by atoms with E-state index in [1.165, 1.54) is 40.5 Å². The van der Waals surface area contributed by atoms with Crippen LogP contribution < -0.4 is 0 Å². The van der Waals surface area contributed by atoms with Crippen LogP contribution in [-0.2, 0) is 47.6 Å². The molecular formula is C29H50O10. The van der Waals surface area contributed by atoms with E-state index in [0.717, 1.165) is 64.2 Å². The molecule has 0 N–H and O–H groups in total. The molecule has 0 unspecified atom stereocenters. The van der Waals surface area contributed by atoms with Crippen molar-refractivity contribution in [1.29, 1.82) is 0 Å². The fraction of sp³-hybridized carbons (Fsp3) is 0.862. The van der Waals surface area contributed by atoms with Crippen molar-refractivity contribution in [2.24, 2.45) is 0 Å². The summed E-state index contributed by atoms with van der Waals surface area (Å²) in [5.74, 6) is -2.51. The van der Waals surface area contributed by atoms with Gasteiger partial charge in [0, 0.05) is 27.7 Å². The third kappa shape index (κ3) is 14.7. The van der Waals surface area contributed by atoms with Crippen LogP contribution in [0.2, 0.25) is 0 Å². The molecule has 1 saturated heterocycles. The second kappa shape index (κ2) is 19.8. The fourth-order valence-corrected chi connectivity index (χ4v) is 4.72. The molecule has 0 aliphatic carbocycles. The van der Waals surface area contributed by atoms with Crippen LogP contribution in [-0.4, -0.2) is 67.3 Å². The molecule has 1 aliphatic rings. The molecule has 5 atom stereocenters. The summed E-state index contributed by atoms with van der Waals surface area (Å²) < 4.78 is 34.3. The van der Waals surface area contributed by atoms with Gasteiger partial charge in [0.05, 0.1) is 6.10 Å². The van der Waals surface area contributed by atoms with Gasteiger partial charge in [-0.1, -0.05) is 78.1 Å². The topological polar surface area (TPSA) is 124 Å². The molecule has 10 nitrogen and oxygen atoms in total. The average molecular weight is 559 g/mol. The number of hydrogen-bond acceptors (Lipinski definition) is 10. The summed E-state index contributed by atoms with van der Waals surface area (Å²) in [4.78, 5) is 47.7. The van der Waals surface area contributed by atoms with Crippen LogP contribution in [0.25, 0.3) is 0 Å². The molecular weight excluding hydrogens is 508 g/mol. The van der Waals surface area contributed by atoms with Crippen molar-refractivity contribution >= 4 is 23.9 Å². The van der Waals surface area contributed by atoms with Gasteiger partial charge in [0.2, 0.25) is 0 Å². The largest absolute Gasteiger partial charge is 0.463 e. The molecule has 1 fully saturated rings. The van der Waals surface area contributed by atoms with E-state index in [1.807, 2.05) is 0 Å². The van der Waals surface area contributed by atoms with Gasteiger partial charge in [-0.25, -0.2) is 0 Å². The summed E-state index contributed by atoms with van der Waals surface area (Å²) in [7, 11) is 0. The molecule has 0 saturated carbocycles. The number of carbonyl (C=O) groups excluding carboxylic acids is 4. The van der Waals surface area contributed by atoms with Gasteiger partial charge < -0.3 is 28.4 Å². The van der Waals surface area contributed by atoms with Crippen molar-refractivity contribution in [2.75, 3.05) is 6.61 Å². The Kier molecular flexibility index (Phi) is 17.7. The number of carbonyl (C=O) groups is 4. The van der Waals surface area contributed by atoms with Crippen molar-refractivity contribution < 1.29 is 47.6 Å². The van der Waals surface area contributed by atoms with Gasteiger partial charge >= 0.3 is 23.9 Å². The van der Waals surface area contributed by atoms with E-state index >= 15 is 0 Å². The maximum absolute atomic E-state index is 12.1. The first kappa shape index (κ1) is 34.8. The molecule has 10 heteroatoms. The highest BCUT2D eigenvalue weighted by molar-refractivity contribution is 5.68. The average Bonchev–Trinajstić information content (AvgIpc) is 2.85. The molecule has 1 rings (SSSR count). The highest BCUT2D eigenvalue weighted by Crippen LogP contribution is 2.32. The minimum absolute atomic E-state index is 0.186. The maximum Gasteiger partial charge on any atom is 0.303 e. The van der Waals surface area contributed by atoms with Gasteiger partial charge in [-0.05, 0) is 12.8 Å². The van der Waals surface area contributed by atoms with E-state index in [9.17, 15) is 19.2 Å². The maximum atomic E-state index is 12.1. The second-order valence-electron chi connectivity index (χ2n) is 10.2. The number of hydrogen-bond donors (Lipinski definition) is 0. The Labute approximate surface area is 233 Å². The SMILES string of the molecule is CCCCCCCC(CCCCCCC)O[C@H]1O[C@H](COC(C)=O)[C@@H](OC(C)=O)[C@H](OC(C)=O)[C@H]1OC(C)=O. The van der Waals surface area contributed by atoms with Crippen LogP contribution in [0.5, 0.6) is 0 Å². The zero-order valence-corrected chi connectivity index (χ0v) is 24.7. The molecule has 0 radical (unpaired) electrons. The van der Waals surface area contributed by atoms with Gasteiger partial charge in [-0.15, -0.1) is 0 Å². The summed E-state index contributed by atoms with van der Waals surface area (Å²) in [6, 6.07) is 0. The van der Waals surface area contributed by atoms with Crippen molar-refractivity contribution in [3.8, 4) is 0 Å². The third-order valence-corrected chi connectivity index (χ3v) is 6.53. The van der Waals surface area contributed by atoms with E-state index < -0.39 is 54.6 Å². The lowest BCUT2D eigenvalue weighted by atomic mass is 9.97. The monoisotopic (exact) mass is 558 g/mol.